The van der Waals surface area contributed by atoms with Crippen LogP contribution >= 0.6 is 0 Å². The number of benzene rings is 2. The van der Waals surface area contributed by atoms with Gasteiger partial charge in [0.25, 0.3) is 0 Å². The summed E-state index contributed by atoms with van der Waals surface area (Å²) in [5.74, 6) is -1.82. The molecule has 0 saturated heterocycles. The second-order valence-corrected chi connectivity index (χ2v) is 10.2. The summed E-state index contributed by atoms with van der Waals surface area (Å²) >= 11 is 0. The molecule has 0 spiro atoms. The number of rotatable bonds is 10. The molecule has 3 heterocycles. The van der Waals surface area contributed by atoms with Gasteiger partial charge in [-0.3, -0.25) is 4.98 Å². The van der Waals surface area contributed by atoms with E-state index in [0.717, 1.165) is 59.5 Å². The van der Waals surface area contributed by atoms with Crippen LogP contribution in [0.15, 0.2) is 110 Å². The van der Waals surface area contributed by atoms with Crippen molar-refractivity contribution in [3.8, 4) is 11.3 Å². The molecule has 7 heteroatoms. The van der Waals surface area contributed by atoms with E-state index in [9.17, 15) is 9.59 Å². The summed E-state index contributed by atoms with van der Waals surface area (Å²) in [4.78, 5) is 29.1. The third-order valence-electron chi connectivity index (χ3n) is 7.39. The zero-order valence-electron chi connectivity index (χ0n) is 22.9. The molecule has 4 aromatic rings. The summed E-state index contributed by atoms with van der Waals surface area (Å²) < 4.78 is 2.11. The van der Waals surface area contributed by atoms with Gasteiger partial charge in [-0.25, -0.2) is 14.2 Å². The normalized spacial score (nSPS) is 14.5. The van der Waals surface area contributed by atoms with Crippen LogP contribution in [-0.4, -0.2) is 44.6 Å². The lowest BCUT2D eigenvalue weighted by Crippen LogP contribution is -2.33. The van der Waals surface area contributed by atoms with Gasteiger partial charge in [-0.2, -0.15) is 0 Å². The van der Waals surface area contributed by atoms with Crippen molar-refractivity contribution in [2.45, 2.75) is 32.4 Å². The molecule has 1 aliphatic rings. The Balaban J connectivity index is 1.15. The predicted molar refractivity (Wildman–Crippen MR) is 157 cm³/mol. The summed E-state index contributed by atoms with van der Waals surface area (Å²) in [6, 6.07) is 22.6. The quantitative estimate of drug-likeness (QED) is 0.255. The highest BCUT2D eigenvalue weighted by Gasteiger charge is 2.15. The lowest BCUT2D eigenvalue weighted by atomic mass is 10.0. The number of carboxylic acid groups (broad SMARTS) is 2. The van der Waals surface area contributed by atoms with Crippen molar-refractivity contribution in [1.82, 2.24) is 9.88 Å². The van der Waals surface area contributed by atoms with E-state index in [1.165, 1.54) is 0 Å². The second kappa shape index (κ2) is 12.4. The number of nitrogens with zero attached hydrogens (tertiary/aromatic N) is 3. The SMILES string of the molecule is CC1C=C(c2ccc(-c3cc[n+](CCc4ccc(C(=O)O)cc4)cc3)nc2)C=CN1CCc1ccc(C(=O)O)cc1. The molecule has 2 aromatic carbocycles. The first kappa shape index (κ1) is 27.5. The maximum atomic E-state index is 11.1. The number of pyridine rings is 2. The molecule has 206 valence electrons. The number of hydrogen-bond donors (Lipinski definition) is 2. The van der Waals surface area contributed by atoms with Crippen LogP contribution in [0.5, 0.6) is 0 Å². The van der Waals surface area contributed by atoms with Crippen LogP contribution in [0, 0.1) is 0 Å². The number of aromatic nitrogens is 2. The molecule has 41 heavy (non-hydrogen) atoms. The highest BCUT2D eigenvalue weighted by molar-refractivity contribution is 5.88. The smallest absolute Gasteiger partial charge is 0.335 e. The van der Waals surface area contributed by atoms with Crippen LogP contribution in [-0.2, 0) is 19.4 Å². The Bertz CT molecular complexity index is 1570. The molecule has 7 nitrogen and oxygen atoms in total. The molecule has 0 bridgehead atoms. The first-order valence-corrected chi connectivity index (χ1v) is 13.6. The number of carboxylic acids is 2. The zero-order chi connectivity index (χ0) is 28.8. The van der Waals surface area contributed by atoms with Crippen LogP contribution in [0.4, 0.5) is 0 Å². The van der Waals surface area contributed by atoms with Gasteiger partial charge in [0.1, 0.15) is 0 Å². The van der Waals surface area contributed by atoms with Crippen molar-refractivity contribution in [3.05, 3.63) is 138 Å². The monoisotopic (exact) mass is 546 g/mol. The standard InChI is InChI=1S/C34H31N3O4/c1-24-22-30(16-21-37(24)20-13-26-4-8-29(9-5-26)34(40)41)31-10-11-32(35-23-31)27-14-18-36(19-15-27)17-12-25-2-6-28(7-3-25)33(38)39/h2-11,14-16,18-19,21-24H,12-13,17,20H2,1H3,(H-,38,39,40,41)/p+1. The van der Waals surface area contributed by atoms with Crippen LogP contribution < -0.4 is 4.57 Å². The van der Waals surface area contributed by atoms with Gasteiger partial charge in [-0.1, -0.05) is 36.4 Å². The molecule has 0 aliphatic carbocycles. The van der Waals surface area contributed by atoms with E-state index in [1.54, 1.807) is 24.3 Å². The first-order valence-electron chi connectivity index (χ1n) is 13.6. The van der Waals surface area contributed by atoms with E-state index in [1.807, 2.05) is 48.9 Å². The predicted octanol–water partition coefficient (Wildman–Crippen LogP) is 5.52. The number of allylic oxidation sites excluding steroid dienone is 2. The minimum absolute atomic E-state index is 0.229. The van der Waals surface area contributed by atoms with E-state index in [2.05, 4.69) is 52.9 Å². The van der Waals surface area contributed by atoms with E-state index in [0.29, 0.717) is 11.1 Å². The van der Waals surface area contributed by atoms with Crippen LogP contribution in [0.2, 0.25) is 0 Å². The third-order valence-corrected chi connectivity index (χ3v) is 7.39. The van der Waals surface area contributed by atoms with Gasteiger partial charge >= 0.3 is 11.9 Å². The molecule has 2 aromatic heterocycles. The van der Waals surface area contributed by atoms with Crippen LogP contribution in [0.3, 0.4) is 0 Å². The molecule has 1 unspecified atom stereocenters. The van der Waals surface area contributed by atoms with Crippen molar-refractivity contribution >= 4 is 17.5 Å². The Kier molecular flexibility index (Phi) is 8.34. The summed E-state index contributed by atoms with van der Waals surface area (Å²) in [6.45, 7) is 3.81. The Morgan fingerprint density at radius 2 is 1.41 bits per heavy atom. The average Bonchev–Trinajstić information content (AvgIpc) is 3.00. The summed E-state index contributed by atoms with van der Waals surface area (Å²) in [7, 11) is 0. The van der Waals surface area contributed by atoms with E-state index in [-0.39, 0.29) is 6.04 Å². The largest absolute Gasteiger partial charge is 0.478 e. The van der Waals surface area contributed by atoms with Gasteiger partial charge in [0.05, 0.1) is 16.8 Å². The third kappa shape index (κ3) is 6.94. The topological polar surface area (TPSA) is 94.6 Å². The Morgan fingerprint density at radius 1 is 0.805 bits per heavy atom. The number of hydrogen-bond acceptors (Lipinski definition) is 4. The molecule has 1 atom stereocenters. The van der Waals surface area contributed by atoms with Crippen molar-refractivity contribution in [3.63, 3.8) is 0 Å². The first-order chi connectivity index (χ1) is 19.9. The Labute approximate surface area is 239 Å². The summed E-state index contributed by atoms with van der Waals surface area (Å²) in [5, 5.41) is 18.1. The zero-order valence-corrected chi connectivity index (χ0v) is 22.9. The maximum absolute atomic E-state index is 11.1. The fourth-order valence-corrected chi connectivity index (χ4v) is 4.85. The fourth-order valence-electron chi connectivity index (χ4n) is 4.85. The lowest BCUT2D eigenvalue weighted by Gasteiger charge is -2.29. The molecule has 0 amide bonds. The fraction of sp³-hybridized carbons (Fsp3) is 0.176. The lowest BCUT2D eigenvalue weighted by molar-refractivity contribution is -0.696. The van der Waals surface area contributed by atoms with Crippen molar-refractivity contribution in [2.24, 2.45) is 0 Å². The van der Waals surface area contributed by atoms with Crippen LogP contribution in [0.1, 0.15) is 44.3 Å². The van der Waals surface area contributed by atoms with Crippen molar-refractivity contribution in [1.29, 1.82) is 0 Å². The second-order valence-electron chi connectivity index (χ2n) is 10.2. The van der Waals surface area contributed by atoms with E-state index < -0.39 is 11.9 Å². The maximum Gasteiger partial charge on any atom is 0.335 e. The molecule has 0 fully saturated rings. The van der Waals surface area contributed by atoms with Crippen LogP contribution in [0.25, 0.3) is 16.8 Å². The molecular formula is C34H32N3O4+. The van der Waals surface area contributed by atoms with Gasteiger partial charge in [-0.15, -0.1) is 0 Å². The van der Waals surface area contributed by atoms with Gasteiger partial charge in [-0.05, 0) is 72.0 Å². The summed E-state index contributed by atoms with van der Waals surface area (Å²) in [5.41, 5.74) is 6.99. The highest BCUT2D eigenvalue weighted by atomic mass is 16.4. The number of aromatic carboxylic acids is 2. The number of aryl methyl sites for hydroxylation is 2. The average molecular weight is 547 g/mol. The molecule has 2 N–H and O–H groups in total. The minimum atomic E-state index is -0.910. The summed E-state index contributed by atoms with van der Waals surface area (Å²) in [6.07, 6.45) is 14.1. The molecule has 1 aliphatic heterocycles. The van der Waals surface area contributed by atoms with Gasteiger partial charge < -0.3 is 15.1 Å². The molecule has 0 radical (unpaired) electrons. The Hall–Kier alpha value is -5.04. The van der Waals surface area contributed by atoms with Crippen molar-refractivity contribution < 1.29 is 24.4 Å². The molecular weight excluding hydrogens is 514 g/mol. The van der Waals surface area contributed by atoms with E-state index in [4.69, 9.17) is 15.2 Å². The molecule has 5 rings (SSSR count). The Morgan fingerprint density at radius 3 is 1.95 bits per heavy atom. The van der Waals surface area contributed by atoms with E-state index >= 15 is 0 Å². The van der Waals surface area contributed by atoms with Gasteiger partial charge in [0, 0.05) is 49.1 Å². The van der Waals surface area contributed by atoms with Gasteiger partial charge in [0.15, 0.2) is 18.9 Å². The molecule has 0 saturated carbocycles. The van der Waals surface area contributed by atoms with Gasteiger partial charge in [0.2, 0.25) is 0 Å². The van der Waals surface area contributed by atoms with Crippen molar-refractivity contribution in [2.75, 3.05) is 6.54 Å². The minimum Gasteiger partial charge on any atom is -0.478 e. The number of carbonyl (C=O) groups is 2. The highest BCUT2D eigenvalue weighted by Crippen LogP contribution is 2.24.